The van der Waals surface area contributed by atoms with E-state index in [1.165, 1.54) is 0 Å². The summed E-state index contributed by atoms with van der Waals surface area (Å²) in [5.41, 5.74) is 0.315. The average molecular weight is 324 g/mol. The number of ketones is 1. The summed E-state index contributed by atoms with van der Waals surface area (Å²) in [6.07, 6.45) is 2.48. The molecule has 4 rings (SSSR count). The summed E-state index contributed by atoms with van der Waals surface area (Å²) in [6.45, 7) is 3.39. The second kappa shape index (κ2) is 4.63. The van der Waals surface area contributed by atoms with Crippen LogP contribution in [0.3, 0.4) is 0 Å². The molecule has 22 heavy (non-hydrogen) atoms. The van der Waals surface area contributed by atoms with Crippen molar-refractivity contribution in [2.75, 3.05) is 31.2 Å². The van der Waals surface area contributed by atoms with E-state index in [0.717, 1.165) is 18.5 Å². The number of halogens is 1. The van der Waals surface area contributed by atoms with Gasteiger partial charge in [-0.15, -0.1) is 0 Å². The minimum atomic E-state index is -0.986. The molecule has 0 amide bonds. The molecule has 1 aliphatic heterocycles. The molecule has 1 saturated carbocycles. The van der Waals surface area contributed by atoms with Gasteiger partial charge < -0.3 is 14.7 Å². The summed E-state index contributed by atoms with van der Waals surface area (Å²) in [4.78, 5) is 23.1. The topological polar surface area (TPSA) is 75.6 Å². The fourth-order valence-electron chi connectivity index (χ4n) is 3.52. The maximum absolute atomic E-state index is 12.5. The third kappa shape index (κ3) is 2.21. The number of anilines is 1. The first-order valence-corrected chi connectivity index (χ1v) is 7.94. The number of β-amino-alcohol motifs (C(OH)–C–C–N with tert-alkyl or cyclic N) is 1. The predicted molar refractivity (Wildman–Crippen MR) is 80.6 cm³/mol. The molecule has 6 nitrogen and oxygen atoms in total. The van der Waals surface area contributed by atoms with Crippen molar-refractivity contribution in [1.82, 2.24) is 9.97 Å². The Balaban J connectivity index is 1.81. The standard InChI is InChI=1S/C15H18ClN3O3/c1-14(21)7-19(4-5-22-8-14)12-10-9(20)6-15(2-3-15)11(10)17-13(16)18-12/h21H,2-8H2,1H3/t14-/m0/s1. The van der Waals surface area contributed by atoms with E-state index >= 15 is 0 Å². The van der Waals surface area contributed by atoms with E-state index in [1.54, 1.807) is 6.92 Å². The normalized spacial score (nSPS) is 29.6. The lowest BCUT2D eigenvalue weighted by atomic mass is 10.0. The number of nitrogens with zero attached hydrogens (tertiary/aromatic N) is 3. The van der Waals surface area contributed by atoms with Gasteiger partial charge in [-0.05, 0) is 31.4 Å². The van der Waals surface area contributed by atoms with Crippen LogP contribution < -0.4 is 4.90 Å². The van der Waals surface area contributed by atoms with Crippen molar-refractivity contribution in [2.45, 2.75) is 37.2 Å². The molecule has 7 heteroatoms. The monoisotopic (exact) mass is 323 g/mol. The Labute approximate surface area is 133 Å². The third-order valence-electron chi connectivity index (χ3n) is 4.75. The molecule has 2 fully saturated rings. The van der Waals surface area contributed by atoms with Gasteiger partial charge in [0.2, 0.25) is 5.28 Å². The molecule has 0 bridgehead atoms. The molecule has 2 aliphatic carbocycles. The van der Waals surface area contributed by atoms with Crippen LogP contribution in [0.5, 0.6) is 0 Å². The van der Waals surface area contributed by atoms with Crippen LogP contribution in [0.1, 0.15) is 42.2 Å². The lowest BCUT2D eigenvalue weighted by molar-refractivity contribution is -0.0123. The highest BCUT2D eigenvalue weighted by atomic mass is 35.5. The largest absolute Gasteiger partial charge is 0.386 e. The van der Waals surface area contributed by atoms with Crippen molar-refractivity contribution >= 4 is 23.2 Å². The van der Waals surface area contributed by atoms with E-state index in [9.17, 15) is 9.90 Å². The van der Waals surface area contributed by atoms with Gasteiger partial charge in [0.25, 0.3) is 0 Å². The zero-order chi connectivity index (χ0) is 15.5. The summed E-state index contributed by atoms with van der Waals surface area (Å²) in [5, 5.41) is 10.5. The van der Waals surface area contributed by atoms with Gasteiger partial charge in [0, 0.05) is 18.4 Å². The van der Waals surface area contributed by atoms with Crippen LogP contribution in [0.2, 0.25) is 5.28 Å². The van der Waals surface area contributed by atoms with Crippen LogP contribution in [-0.4, -0.2) is 52.8 Å². The number of hydrogen-bond acceptors (Lipinski definition) is 6. The minimum Gasteiger partial charge on any atom is -0.386 e. The van der Waals surface area contributed by atoms with Crippen molar-refractivity contribution in [1.29, 1.82) is 0 Å². The summed E-state index contributed by atoms with van der Waals surface area (Å²) in [5.74, 6) is 0.638. The van der Waals surface area contributed by atoms with Gasteiger partial charge in [-0.25, -0.2) is 4.98 Å². The number of carbonyl (C=O) groups is 1. The molecule has 0 aromatic carbocycles. The lowest BCUT2D eigenvalue weighted by Crippen LogP contribution is -2.42. The number of Topliss-reactive ketones (excluding diaryl/α,β-unsaturated/α-hetero) is 1. The number of hydrogen-bond donors (Lipinski definition) is 1. The molecular weight excluding hydrogens is 306 g/mol. The Morgan fingerprint density at radius 2 is 2.14 bits per heavy atom. The fourth-order valence-corrected chi connectivity index (χ4v) is 3.68. The van der Waals surface area contributed by atoms with Crippen molar-refractivity contribution in [3.63, 3.8) is 0 Å². The molecule has 3 aliphatic rings. The molecule has 118 valence electrons. The van der Waals surface area contributed by atoms with Crippen molar-refractivity contribution < 1.29 is 14.6 Å². The zero-order valence-corrected chi connectivity index (χ0v) is 13.2. The van der Waals surface area contributed by atoms with Crippen LogP contribution in [0.15, 0.2) is 0 Å². The highest BCUT2D eigenvalue weighted by Gasteiger charge is 2.55. The molecular formula is C15H18ClN3O3. The first-order chi connectivity index (χ1) is 10.4. The lowest BCUT2D eigenvalue weighted by Gasteiger charge is -2.29. The highest BCUT2D eigenvalue weighted by molar-refractivity contribution is 6.28. The summed E-state index contributed by atoms with van der Waals surface area (Å²) in [7, 11) is 0. The Hall–Kier alpha value is -1.24. The van der Waals surface area contributed by atoms with E-state index in [1.807, 2.05) is 4.90 Å². The van der Waals surface area contributed by atoms with E-state index in [0.29, 0.717) is 37.5 Å². The smallest absolute Gasteiger partial charge is 0.224 e. The van der Waals surface area contributed by atoms with Crippen LogP contribution in [-0.2, 0) is 10.2 Å². The maximum atomic E-state index is 12.5. The van der Waals surface area contributed by atoms with Crippen LogP contribution in [0.4, 0.5) is 5.82 Å². The zero-order valence-electron chi connectivity index (χ0n) is 12.4. The van der Waals surface area contributed by atoms with E-state index in [2.05, 4.69) is 9.97 Å². The quantitative estimate of drug-likeness (QED) is 0.786. The first-order valence-electron chi connectivity index (χ1n) is 7.57. The molecule has 2 heterocycles. The minimum absolute atomic E-state index is 0.0870. The molecule has 1 atom stereocenters. The summed E-state index contributed by atoms with van der Waals surface area (Å²) < 4.78 is 5.44. The van der Waals surface area contributed by atoms with E-state index in [-0.39, 0.29) is 23.1 Å². The molecule has 1 saturated heterocycles. The Kier molecular flexibility index (Phi) is 3.02. The number of fused-ring (bicyclic) bond motifs is 2. The fraction of sp³-hybridized carbons (Fsp3) is 0.667. The Bertz CT molecular complexity index is 658. The van der Waals surface area contributed by atoms with Gasteiger partial charge in [-0.2, -0.15) is 4.98 Å². The van der Waals surface area contributed by atoms with Crippen molar-refractivity contribution in [3.05, 3.63) is 16.5 Å². The number of ether oxygens (including phenoxy) is 1. The summed E-state index contributed by atoms with van der Waals surface area (Å²) >= 11 is 6.11. The predicted octanol–water partition coefficient (Wildman–Crippen LogP) is 1.34. The SMILES string of the molecule is C[C@@]1(O)COCCN(c2nc(Cl)nc3c2C(=O)CC32CC2)C1. The van der Waals surface area contributed by atoms with Crippen molar-refractivity contribution in [2.24, 2.45) is 0 Å². The second-order valence-corrected chi connectivity index (χ2v) is 7.23. The Morgan fingerprint density at radius 3 is 2.86 bits per heavy atom. The number of aliphatic hydroxyl groups is 1. The van der Waals surface area contributed by atoms with Gasteiger partial charge in [-0.1, -0.05) is 0 Å². The molecule has 1 aromatic rings. The van der Waals surface area contributed by atoms with Crippen LogP contribution in [0, 0.1) is 0 Å². The number of carbonyl (C=O) groups excluding carboxylic acids is 1. The molecule has 1 aromatic heterocycles. The average Bonchev–Trinajstić information content (AvgIpc) is 3.17. The van der Waals surface area contributed by atoms with Gasteiger partial charge in [0.15, 0.2) is 5.78 Å². The van der Waals surface area contributed by atoms with E-state index in [4.69, 9.17) is 16.3 Å². The van der Waals surface area contributed by atoms with Crippen LogP contribution in [0.25, 0.3) is 0 Å². The first kappa shape index (κ1) is 14.4. The van der Waals surface area contributed by atoms with Crippen LogP contribution >= 0.6 is 11.6 Å². The van der Waals surface area contributed by atoms with Crippen molar-refractivity contribution in [3.8, 4) is 0 Å². The number of aromatic nitrogens is 2. The molecule has 1 N–H and O–H groups in total. The molecule has 0 unspecified atom stereocenters. The van der Waals surface area contributed by atoms with Gasteiger partial charge in [0.1, 0.15) is 11.4 Å². The highest BCUT2D eigenvalue weighted by Crippen LogP contribution is 2.57. The molecule has 1 spiro atoms. The summed E-state index contributed by atoms with van der Waals surface area (Å²) in [6, 6.07) is 0. The molecule has 0 radical (unpaired) electrons. The van der Waals surface area contributed by atoms with Gasteiger partial charge in [0.05, 0.1) is 31.0 Å². The Morgan fingerprint density at radius 1 is 1.36 bits per heavy atom. The third-order valence-corrected chi connectivity index (χ3v) is 4.91. The second-order valence-electron chi connectivity index (χ2n) is 6.89. The van der Waals surface area contributed by atoms with Gasteiger partial charge in [-0.3, -0.25) is 4.79 Å². The van der Waals surface area contributed by atoms with E-state index < -0.39 is 5.60 Å². The number of rotatable bonds is 1. The van der Waals surface area contributed by atoms with Gasteiger partial charge >= 0.3 is 0 Å². The maximum Gasteiger partial charge on any atom is 0.224 e.